The highest BCUT2D eigenvalue weighted by Gasteiger charge is 2.13. The van der Waals surface area contributed by atoms with E-state index in [0.29, 0.717) is 0 Å². The summed E-state index contributed by atoms with van der Waals surface area (Å²) in [5.41, 5.74) is 7.02. The second-order valence-corrected chi connectivity index (χ2v) is 6.80. The molecule has 0 heteroatoms. The van der Waals surface area contributed by atoms with Crippen molar-refractivity contribution in [3.8, 4) is 11.1 Å². The van der Waals surface area contributed by atoms with Crippen LogP contribution in [0.2, 0.25) is 0 Å². The van der Waals surface area contributed by atoms with Crippen molar-refractivity contribution in [3.05, 3.63) is 65.7 Å². The molecule has 2 aromatic carbocycles. The van der Waals surface area contributed by atoms with Gasteiger partial charge in [-0.05, 0) is 59.4 Å². The SMILES string of the molecule is CCCc1ccc(-c2ccc(C3=CCC(CC)CC3)cc2)cc1. The molecule has 1 unspecified atom stereocenters. The van der Waals surface area contributed by atoms with Crippen LogP contribution in [0, 0.1) is 5.92 Å². The number of benzene rings is 2. The summed E-state index contributed by atoms with van der Waals surface area (Å²) in [6, 6.07) is 18.2. The molecule has 0 aliphatic heterocycles. The number of allylic oxidation sites excluding steroid dienone is 2. The molecule has 0 saturated carbocycles. The molecule has 0 saturated heterocycles. The van der Waals surface area contributed by atoms with Gasteiger partial charge in [0.15, 0.2) is 0 Å². The van der Waals surface area contributed by atoms with Crippen LogP contribution in [0.4, 0.5) is 0 Å². The largest absolute Gasteiger partial charge is 0.0804 e. The molecule has 2 aromatic rings. The monoisotopic (exact) mass is 304 g/mol. The van der Waals surface area contributed by atoms with E-state index in [1.807, 2.05) is 0 Å². The van der Waals surface area contributed by atoms with Crippen molar-refractivity contribution in [1.29, 1.82) is 0 Å². The molecule has 1 aliphatic carbocycles. The van der Waals surface area contributed by atoms with Crippen molar-refractivity contribution in [2.45, 2.75) is 52.4 Å². The first-order valence-corrected chi connectivity index (χ1v) is 9.19. The summed E-state index contributed by atoms with van der Waals surface area (Å²) in [5, 5.41) is 0. The average Bonchev–Trinajstić information content (AvgIpc) is 2.63. The van der Waals surface area contributed by atoms with Gasteiger partial charge in [-0.3, -0.25) is 0 Å². The summed E-state index contributed by atoms with van der Waals surface area (Å²) in [5.74, 6) is 0.902. The van der Waals surface area contributed by atoms with Crippen LogP contribution in [0.1, 0.15) is 57.1 Å². The molecule has 0 bridgehead atoms. The maximum atomic E-state index is 2.46. The summed E-state index contributed by atoms with van der Waals surface area (Å²) in [4.78, 5) is 0. The van der Waals surface area contributed by atoms with E-state index in [4.69, 9.17) is 0 Å². The van der Waals surface area contributed by atoms with Crippen molar-refractivity contribution in [2.75, 3.05) is 0 Å². The molecule has 0 heterocycles. The summed E-state index contributed by atoms with van der Waals surface area (Å²) in [6.07, 6.45) is 10.0. The first-order valence-electron chi connectivity index (χ1n) is 9.19. The summed E-state index contributed by atoms with van der Waals surface area (Å²) < 4.78 is 0. The predicted molar refractivity (Wildman–Crippen MR) is 101 cm³/mol. The second-order valence-electron chi connectivity index (χ2n) is 6.80. The highest BCUT2D eigenvalue weighted by atomic mass is 14.2. The topological polar surface area (TPSA) is 0 Å². The van der Waals surface area contributed by atoms with Gasteiger partial charge < -0.3 is 0 Å². The Morgan fingerprint density at radius 2 is 1.43 bits per heavy atom. The summed E-state index contributed by atoms with van der Waals surface area (Å²) >= 11 is 0. The minimum Gasteiger partial charge on any atom is -0.0804 e. The molecule has 0 radical (unpaired) electrons. The Kier molecular flexibility index (Phi) is 5.33. The lowest BCUT2D eigenvalue weighted by molar-refractivity contribution is 0.471. The molecular weight excluding hydrogens is 276 g/mol. The normalized spacial score (nSPS) is 17.8. The molecule has 1 atom stereocenters. The van der Waals surface area contributed by atoms with E-state index in [2.05, 4.69) is 68.5 Å². The molecular formula is C23H28. The molecule has 120 valence electrons. The van der Waals surface area contributed by atoms with E-state index >= 15 is 0 Å². The average molecular weight is 304 g/mol. The van der Waals surface area contributed by atoms with Gasteiger partial charge in [-0.1, -0.05) is 81.3 Å². The second kappa shape index (κ2) is 7.64. The number of hydrogen-bond donors (Lipinski definition) is 0. The van der Waals surface area contributed by atoms with Crippen LogP contribution in [-0.4, -0.2) is 0 Å². The van der Waals surface area contributed by atoms with Gasteiger partial charge in [0.25, 0.3) is 0 Å². The predicted octanol–water partition coefficient (Wildman–Crippen LogP) is 6.90. The van der Waals surface area contributed by atoms with Gasteiger partial charge >= 0.3 is 0 Å². The minimum absolute atomic E-state index is 0.902. The highest BCUT2D eigenvalue weighted by molar-refractivity contribution is 5.71. The Labute approximate surface area is 141 Å². The van der Waals surface area contributed by atoms with Crippen LogP contribution in [0.5, 0.6) is 0 Å². The van der Waals surface area contributed by atoms with E-state index in [1.54, 1.807) is 5.57 Å². The lowest BCUT2D eigenvalue weighted by Crippen LogP contribution is -2.03. The number of rotatable bonds is 5. The molecule has 1 aliphatic rings. The maximum Gasteiger partial charge on any atom is -0.0184 e. The van der Waals surface area contributed by atoms with E-state index in [1.165, 1.54) is 60.8 Å². The molecule has 0 nitrogen and oxygen atoms in total. The first-order chi connectivity index (χ1) is 11.3. The van der Waals surface area contributed by atoms with Gasteiger partial charge in [0, 0.05) is 0 Å². The Bertz CT molecular complexity index is 643. The highest BCUT2D eigenvalue weighted by Crippen LogP contribution is 2.32. The Morgan fingerprint density at radius 3 is 1.96 bits per heavy atom. The van der Waals surface area contributed by atoms with Crippen LogP contribution in [0.25, 0.3) is 16.7 Å². The fourth-order valence-corrected chi connectivity index (χ4v) is 3.55. The standard InChI is InChI=1S/C23H28/c1-3-5-19-8-12-21(13-9-19)23-16-14-22(15-17-23)20-10-6-18(4-2)7-11-20/h8-10,12-18H,3-7,11H2,1-2H3. The zero-order valence-corrected chi connectivity index (χ0v) is 14.5. The van der Waals surface area contributed by atoms with Crippen LogP contribution in [-0.2, 0) is 6.42 Å². The van der Waals surface area contributed by atoms with E-state index in [-0.39, 0.29) is 0 Å². The summed E-state index contributed by atoms with van der Waals surface area (Å²) in [7, 11) is 0. The number of hydrogen-bond acceptors (Lipinski definition) is 0. The molecule has 0 fully saturated rings. The molecule has 0 amide bonds. The third-order valence-electron chi connectivity index (χ3n) is 5.18. The Balaban J connectivity index is 1.73. The van der Waals surface area contributed by atoms with Gasteiger partial charge in [-0.2, -0.15) is 0 Å². The van der Waals surface area contributed by atoms with E-state index in [9.17, 15) is 0 Å². The lowest BCUT2D eigenvalue weighted by Gasteiger charge is -2.20. The quantitative estimate of drug-likeness (QED) is 0.563. The van der Waals surface area contributed by atoms with Crippen molar-refractivity contribution in [2.24, 2.45) is 5.92 Å². The van der Waals surface area contributed by atoms with Gasteiger partial charge in [0.2, 0.25) is 0 Å². The van der Waals surface area contributed by atoms with Crippen molar-refractivity contribution >= 4 is 5.57 Å². The van der Waals surface area contributed by atoms with Gasteiger partial charge in [0.05, 0.1) is 0 Å². The van der Waals surface area contributed by atoms with Crippen LogP contribution < -0.4 is 0 Å². The fourth-order valence-electron chi connectivity index (χ4n) is 3.55. The molecule has 23 heavy (non-hydrogen) atoms. The molecule has 0 spiro atoms. The van der Waals surface area contributed by atoms with Crippen molar-refractivity contribution in [3.63, 3.8) is 0 Å². The fraction of sp³-hybridized carbons (Fsp3) is 0.391. The molecule has 0 aromatic heterocycles. The minimum atomic E-state index is 0.902. The zero-order valence-electron chi connectivity index (χ0n) is 14.5. The van der Waals surface area contributed by atoms with E-state index in [0.717, 1.165) is 5.92 Å². The van der Waals surface area contributed by atoms with Gasteiger partial charge in [-0.15, -0.1) is 0 Å². The van der Waals surface area contributed by atoms with Gasteiger partial charge in [0.1, 0.15) is 0 Å². The van der Waals surface area contributed by atoms with E-state index < -0.39 is 0 Å². The molecule has 0 N–H and O–H groups in total. The zero-order chi connectivity index (χ0) is 16.1. The van der Waals surface area contributed by atoms with Crippen LogP contribution >= 0.6 is 0 Å². The maximum absolute atomic E-state index is 2.46. The van der Waals surface area contributed by atoms with Crippen LogP contribution in [0.15, 0.2) is 54.6 Å². The van der Waals surface area contributed by atoms with Crippen molar-refractivity contribution in [1.82, 2.24) is 0 Å². The van der Waals surface area contributed by atoms with Crippen LogP contribution in [0.3, 0.4) is 0 Å². The van der Waals surface area contributed by atoms with Crippen molar-refractivity contribution < 1.29 is 0 Å². The third-order valence-corrected chi connectivity index (χ3v) is 5.18. The lowest BCUT2D eigenvalue weighted by atomic mass is 9.85. The number of aryl methyl sites for hydroxylation is 1. The Morgan fingerprint density at radius 1 is 0.826 bits per heavy atom. The Hall–Kier alpha value is -1.82. The first kappa shape index (κ1) is 16.1. The smallest absolute Gasteiger partial charge is 0.0184 e. The summed E-state index contributed by atoms with van der Waals surface area (Å²) in [6.45, 7) is 4.54. The third kappa shape index (κ3) is 3.93. The van der Waals surface area contributed by atoms with Gasteiger partial charge in [-0.25, -0.2) is 0 Å². The molecule has 3 rings (SSSR count).